The van der Waals surface area contributed by atoms with Gasteiger partial charge in [0.2, 0.25) is 0 Å². The lowest BCUT2D eigenvalue weighted by Crippen LogP contribution is -2.08. The summed E-state index contributed by atoms with van der Waals surface area (Å²) in [4.78, 5) is 3.24. The first-order valence-electron chi connectivity index (χ1n) is 3.44. The number of rotatable bonds is 2. The molecule has 0 aliphatic heterocycles. The predicted octanol–water partition coefficient (Wildman–Crippen LogP) is 2.00. The predicted molar refractivity (Wildman–Crippen MR) is 47.6 cm³/mol. The molecule has 0 aromatic carbocycles. The Bertz CT molecular complexity index is 442. The van der Waals surface area contributed by atoms with Crippen LogP contribution in [0.2, 0.25) is 0 Å². The van der Waals surface area contributed by atoms with E-state index in [1.165, 1.54) is 0 Å². The molecule has 0 fully saturated rings. The highest BCUT2D eigenvalue weighted by molar-refractivity contribution is 8.14. The number of aromatic nitrogens is 1. The average molecular weight is 261 g/mol. The highest BCUT2D eigenvalue weighted by atomic mass is 35.7. The van der Waals surface area contributed by atoms with E-state index in [-0.39, 0.29) is 5.82 Å². The van der Waals surface area contributed by atoms with Crippen molar-refractivity contribution in [2.75, 3.05) is 4.72 Å². The number of nitrogens with zero attached hydrogens (tertiary/aromatic N) is 1. The third-order valence-electron chi connectivity index (χ3n) is 1.32. The monoisotopic (exact) mass is 260 g/mol. The molecule has 0 saturated heterocycles. The smallest absolute Gasteiger partial charge is 0.254 e. The van der Waals surface area contributed by atoms with E-state index < -0.39 is 21.0 Å². The summed E-state index contributed by atoms with van der Waals surface area (Å²) < 4.78 is 58.8. The first-order valence-corrected chi connectivity index (χ1v) is 5.75. The molecule has 1 aromatic heterocycles. The zero-order valence-corrected chi connectivity index (χ0v) is 8.49. The van der Waals surface area contributed by atoms with Crippen molar-refractivity contribution in [3.05, 3.63) is 23.9 Å². The fourth-order valence-corrected chi connectivity index (χ4v) is 1.35. The minimum Gasteiger partial charge on any atom is -0.254 e. The Labute approximate surface area is 87.6 Å². The van der Waals surface area contributed by atoms with Crippen LogP contribution in [0.1, 0.15) is 5.56 Å². The molecule has 0 spiro atoms. The molecular formula is C6H4ClF3N2O2S. The van der Waals surface area contributed by atoms with Crippen molar-refractivity contribution in [2.45, 2.75) is 6.18 Å². The molecule has 84 valence electrons. The third kappa shape index (κ3) is 3.92. The van der Waals surface area contributed by atoms with Crippen LogP contribution in [-0.4, -0.2) is 13.4 Å². The summed E-state index contributed by atoms with van der Waals surface area (Å²) in [5, 5.41) is 0. The van der Waals surface area contributed by atoms with Gasteiger partial charge in [-0.3, -0.25) is 4.72 Å². The van der Waals surface area contributed by atoms with E-state index in [4.69, 9.17) is 10.7 Å². The highest BCUT2D eigenvalue weighted by Crippen LogP contribution is 2.28. The summed E-state index contributed by atoms with van der Waals surface area (Å²) in [7, 11) is 0.749. The molecule has 4 nitrogen and oxygen atoms in total. The Morgan fingerprint density at radius 2 is 1.93 bits per heavy atom. The minimum atomic E-state index is -4.51. The van der Waals surface area contributed by atoms with Crippen LogP contribution in [0.5, 0.6) is 0 Å². The van der Waals surface area contributed by atoms with Gasteiger partial charge in [-0.1, -0.05) is 0 Å². The van der Waals surface area contributed by atoms with Crippen molar-refractivity contribution < 1.29 is 21.6 Å². The molecule has 1 heterocycles. The lowest BCUT2D eigenvalue weighted by atomic mass is 10.3. The van der Waals surface area contributed by atoms with Crippen molar-refractivity contribution in [1.29, 1.82) is 0 Å². The van der Waals surface area contributed by atoms with E-state index >= 15 is 0 Å². The van der Waals surface area contributed by atoms with Crippen LogP contribution in [0.15, 0.2) is 18.3 Å². The zero-order valence-electron chi connectivity index (χ0n) is 6.92. The second-order valence-electron chi connectivity index (χ2n) is 2.47. The van der Waals surface area contributed by atoms with Gasteiger partial charge in [0.1, 0.15) is 5.82 Å². The molecule has 1 N–H and O–H groups in total. The van der Waals surface area contributed by atoms with Crippen LogP contribution in [-0.2, 0) is 15.4 Å². The van der Waals surface area contributed by atoms with Crippen molar-refractivity contribution in [1.82, 2.24) is 4.98 Å². The number of hydrogen-bond acceptors (Lipinski definition) is 3. The SMILES string of the molecule is O=S(=O)(Cl)Nc1ccc(C(F)(F)F)cn1. The fourth-order valence-electron chi connectivity index (χ4n) is 0.747. The molecule has 1 rings (SSSR count). The first-order chi connectivity index (χ1) is 6.68. The molecule has 0 aliphatic carbocycles. The van der Waals surface area contributed by atoms with Crippen LogP contribution >= 0.6 is 10.7 Å². The number of hydrogen-bond donors (Lipinski definition) is 1. The van der Waals surface area contributed by atoms with Gasteiger partial charge in [-0.2, -0.15) is 21.6 Å². The van der Waals surface area contributed by atoms with Gasteiger partial charge in [0.15, 0.2) is 0 Å². The lowest BCUT2D eigenvalue weighted by Gasteiger charge is -2.06. The zero-order chi connectivity index (χ0) is 11.7. The molecular weight excluding hydrogens is 257 g/mol. The van der Waals surface area contributed by atoms with E-state index in [2.05, 4.69) is 4.98 Å². The Morgan fingerprint density at radius 1 is 1.33 bits per heavy atom. The van der Waals surface area contributed by atoms with Crippen LogP contribution < -0.4 is 4.72 Å². The summed E-state index contributed by atoms with van der Waals surface area (Å²) in [5.41, 5.74) is -0.972. The number of pyridine rings is 1. The molecule has 0 atom stereocenters. The quantitative estimate of drug-likeness (QED) is 0.828. The van der Waals surface area contributed by atoms with Crippen molar-refractivity contribution in [3.8, 4) is 0 Å². The second kappa shape index (κ2) is 3.86. The van der Waals surface area contributed by atoms with Gasteiger partial charge in [-0.05, 0) is 12.1 Å². The first kappa shape index (κ1) is 12.1. The molecule has 0 bridgehead atoms. The highest BCUT2D eigenvalue weighted by Gasteiger charge is 2.30. The Hall–Kier alpha value is -1.02. The van der Waals surface area contributed by atoms with Crippen LogP contribution in [0.4, 0.5) is 19.0 Å². The summed E-state index contributed by atoms with van der Waals surface area (Å²) in [6.45, 7) is 0. The van der Waals surface area contributed by atoms with Gasteiger partial charge < -0.3 is 0 Å². The Balaban J connectivity index is 2.91. The van der Waals surface area contributed by atoms with E-state index in [1.807, 2.05) is 0 Å². The summed E-state index contributed by atoms with van der Waals surface area (Å²) in [6.07, 6.45) is -4.00. The third-order valence-corrected chi connectivity index (χ3v) is 2.00. The van der Waals surface area contributed by atoms with Crippen molar-refractivity contribution in [2.24, 2.45) is 0 Å². The molecule has 0 amide bonds. The molecule has 15 heavy (non-hydrogen) atoms. The Kier molecular flexibility index (Phi) is 3.10. The van der Waals surface area contributed by atoms with Gasteiger partial charge in [0, 0.05) is 16.9 Å². The maximum absolute atomic E-state index is 12.1. The van der Waals surface area contributed by atoms with Crippen LogP contribution in [0.25, 0.3) is 0 Å². The number of anilines is 1. The number of halogens is 4. The summed E-state index contributed by atoms with van der Waals surface area (Å²) in [5.74, 6) is -0.280. The normalized spacial score (nSPS) is 12.5. The topological polar surface area (TPSA) is 59.1 Å². The van der Waals surface area contributed by atoms with Crippen LogP contribution in [0, 0.1) is 0 Å². The van der Waals surface area contributed by atoms with Gasteiger partial charge in [0.25, 0.3) is 0 Å². The van der Waals surface area contributed by atoms with E-state index in [0.717, 1.165) is 6.07 Å². The molecule has 0 saturated carbocycles. The summed E-state index contributed by atoms with van der Waals surface area (Å²) in [6, 6.07) is 1.56. The molecule has 0 aliphatic rings. The van der Waals surface area contributed by atoms with Gasteiger partial charge in [-0.15, -0.1) is 0 Å². The average Bonchev–Trinajstić information content (AvgIpc) is 2.00. The van der Waals surface area contributed by atoms with E-state index in [0.29, 0.717) is 12.3 Å². The number of nitrogens with one attached hydrogen (secondary N) is 1. The van der Waals surface area contributed by atoms with E-state index in [1.54, 1.807) is 4.72 Å². The fraction of sp³-hybridized carbons (Fsp3) is 0.167. The molecule has 1 aromatic rings. The molecule has 9 heteroatoms. The van der Waals surface area contributed by atoms with Gasteiger partial charge in [0.05, 0.1) is 5.56 Å². The standard InChI is InChI=1S/C6H4ClF3N2O2S/c7-15(13,14)12-5-2-1-4(3-11-5)6(8,9)10/h1-3H,(H,11,12). The number of alkyl halides is 3. The summed E-state index contributed by atoms with van der Waals surface area (Å²) >= 11 is 0. The lowest BCUT2D eigenvalue weighted by molar-refractivity contribution is -0.137. The largest absolute Gasteiger partial charge is 0.417 e. The molecule has 0 radical (unpaired) electrons. The van der Waals surface area contributed by atoms with Crippen molar-refractivity contribution in [3.63, 3.8) is 0 Å². The van der Waals surface area contributed by atoms with Gasteiger partial charge >= 0.3 is 15.4 Å². The van der Waals surface area contributed by atoms with Crippen LogP contribution in [0.3, 0.4) is 0 Å². The maximum atomic E-state index is 12.1. The van der Waals surface area contributed by atoms with Gasteiger partial charge in [-0.25, -0.2) is 4.98 Å². The minimum absolute atomic E-state index is 0.280. The maximum Gasteiger partial charge on any atom is 0.417 e. The second-order valence-corrected chi connectivity index (χ2v) is 4.77. The molecule has 0 unspecified atom stereocenters. The Morgan fingerprint density at radius 3 is 2.27 bits per heavy atom. The van der Waals surface area contributed by atoms with Crippen molar-refractivity contribution >= 4 is 25.7 Å². The van der Waals surface area contributed by atoms with E-state index in [9.17, 15) is 21.6 Å².